The molecule has 0 saturated heterocycles. The molecule has 1 saturated carbocycles. The quantitative estimate of drug-likeness (QED) is 0.683. The summed E-state index contributed by atoms with van der Waals surface area (Å²) in [5.74, 6) is 1.63. The highest BCUT2D eigenvalue weighted by Gasteiger charge is 2.16. The zero-order valence-corrected chi connectivity index (χ0v) is 7.79. The normalized spacial score (nSPS) is 16.4. The molecule has 0 heterocycles. The summed E-state index contributed by atoms with van der Waals surface area (Å²) in [6.07, 6.45) is 7.14. The van der Waals surface area contributed by atoms with Crippen LogP contribution >= 0.6 is 0 Å². The molecule has 1 aliphatic rings. The van der Waals surface area contributed by atoms with Gasteiger partial charge >= 0.3 is 0 Å². The molecule has 1 aromatic rings. The number of allylic oxidation sites excluding steroid dienone is 1. The molecular formula is C12H13O. The zero-order chi connectivity index (χ0) is 9.10. The van der Waals surface area contributed by atoms with Crippen molar-refractivity contribution < 1.29 is 4.74 Å². The van der Waals surface area contributed by atoms with Gasteiger partial charge in [0.15, 0.2) is 0 Å². The van der Waals surface area contributed by atoms with E-state index in [0.29, 0.717) is 0 Å². The molecule has 1 fully saturated rings. The lowest BCUT2D eigenvalue weighted by Gasteiger charge is -1.98. The molecule has 0 amide bonds. The van der Waals surface area contributed by atoms with Crippen LogP contribution in [-0.4, -0.2) is 7.11 Å². The highest BCUT2D eigenvalue weighted by atomic mass is 16.5. The maximum atomic E-state index is 5.09. The van der Waals surface area contributed by atoms with E-state index in [1.54, 1.807) is 7.11 Å². The van der Waals surface area contributed by atoms with Crippen LogP contribution in [0.4, 0.5) is 0 Å². The minimum absolute atomic E-state index is 0.804. The smallest absolute Gasteiger partial charge is 0.127 e. The summed E-state index contributed by atoms with van der Waals surface area (Å²) < 4.78 is 5.09. The minimum Gasteiger partial charge on any atom is -0.496 e. The molecular weight excluding hydrogens is 160 g/mol. The van der Waals surface area contributed by atoms with E-state index >= 15 is 0 Å². The molecule has 0 spiro atoms. The lowest BCUT2D eigenvalue weighted by molar-refractivity contribution is 0.414. The Bertz CT molecular complexity index is 311. The van der Waals surface area contributed by atoms with Crippen molar-refractivity contribution in [2.24, 2.45) is 5.92 Å². The molecule has 0 aromatic heterocycles. The lowest BCUT2D eigenvalue weighted by Crippen LogP contribution is -1.82. The molecule has 1 heteroatoms. The molecule has 67 valence electrons. The Hall–Kier alpha value is -1.24. The molecule has 1 aliphatic carbocycles. The predicted octanol–water partition coefficient (Wildman–Crippen LogP) is 2.92. The van der Waals surface area contributed by atoms with Gasteiger partial charge in [0.2, 0.25) is 0 Å². The van der Waals surface area contributed by atoms with Gasteiger partial charge < -0.3 is 4.74 Å². The summed E-state index contributed by atoms with van der Waals surface area (Å²) in [6.45, 7) is 0. The van der Waals surface area contributed by atoms with Crippen LogP contribution in [0.15, 0.2) is 24.3 Å². The first kappa shape index (κ1) is 8.36. The van der Waals surface area contributed by atoms with Crippen LogP contribution < -0.4 is 4.74 Å². The van der Waals surface area contributed by atoms with E-state index in [1.165, 1.54) is 18.4 Å². The van der Waals surface area contributed by atoms with Crippen LogP contribution in [0.1, 0.15) is 18.4 Å². The molecule has 0 bridgehead atoms. The molecule has 0 atom stereocenters. The molecule has 1 radical (unpaired) electrons. The van der Waals surface area contributed by atoms with Gasteiger partial charge in [0.05, 0.1) is 7.11 Å². The second-order valence-corrected chi connectivity index (χ2v) is 3.39. The Morgan fingerprint density at radius 3 is 3.08 bits per heavy atom. The minimum atomic E-state index is 0.804. The van der Waals surface area contributed by atoms with Gasteiger partial charge in [-0.25, -0.2) is 0 Å². The monoisotopic (exact) mass is 173 g/mol. The third-order valence-corrected chi connectivity index (χ3v) is 2.20. The lowest BCUT2D eigenvalue weighted by atomic mass is 10.2. The van der Waals surface area contributed by atoms with Gasteiger partial charge in [-0.15, -0.1) is 0 Å². The number of rotatable bonds is 3. The number of hydrogen-bond donors (Lipinski definition) is 0. The Kier molecular flexibility index (Phi) is 2.35. The van der Waals surface area contributed by atoms with Crippen molar-refractivity contribution in [1.82, 2.24) is 0 Å². The van der Waals surface area contributed by atoms with E-state index in [-0.39, 0.29) is 0 Å². The fourth-order valence-corrected chi connectivity index (χ4v) is 1.22. The third kappa shape index (κ3) is 2.35. The average molecular weight is 173 g/mol. The summed E-state index contributed by atoms with van der Waals surface area (Å²) in [6, 6.07) is 8.94. The maximum absolute atomic E-state index is 5.09. The van der Waals surface area contributed by atoms with Gasteiger partial charge in [-0.05, 0) is 36.5 Å². The molecule has 2 rings (SSSR count). The van der Waals surface area contributed by atoms with Crippen molar-refractivity contribution in [3.05, 3.63) is 35.9 Å². The fraction of sp³-hybridized carbons (Fsp3) is 0.333. The number of methoxy groups -OCH3 is 1. The van der Waals surface area contributed by atoms with Crippen LogP contribution in [-0.2, 0) is 0 Å². The van der Waals surface area contributed by atoms with Crippen molar-refractivity contribution in [2.45, 2.75) is 12.8 Å². The molecule has 13 heavy (non-hydrogen) atoms. The van der Waals surface area contributed by atoms with Crippen molar-refractivity contribution in [2.75, 3.05) is 7.11 Å². The standard InChI is InChI=1S/C12H13O/c1-13-12-4-2-3-11(9-12)8-7-10-5-6-10/h2-3,7-10H,5-6H2,1H3. The van der Waals surface area contributed by atoms with E-state index in [4.69, 9.17) is 4.74 Å². The zero-order valence-electron chi connectivity index (χ0n) is 7.79. The van der Waals surface area contributed by atoms with Gasteiger partial charge in [-0.2, -0.15) is 0 Å². The Balaban J connectivity index is 2.09. The number of ether oxygens (including phenoxy) is 1. The topological polar surface area (TPSA) is 9.23 Å². The molecule has 0 N–H and O–H groups in total. The van der Waals surface area contributed by atoms with Crippen LogP contribution in [0.25, 0.3) is 6.08 Å². The predicted molar refractivity (Wildman–Crippen MR) is 53.6 cm³/mol. The van der Waals surface area contributed by atoms with Crippen molar-refractivity contribution in [1.29, 1.82) is 0 Å². The summed E-state index contributed by atoms with van der Waals surface area (Å²) in [5, 5.41) is 0. The summed E-state index contributed by atoms with van der Waals surface area (Å²) in [4.78, 5) is 0. The van der Waals surface area contributed by atoms with Gasteiger partial charge in [0.1, 0.15) is 5.75 Å². The first-order valence-corrected chi connectivity index (χ1v) is 4.62. The summed E-state index contributed by atoms with van der Waals surface area (Å²) in [7, 11) is 1.67. The van der Waals surface area contributed by atoms with Crippen molar-refractivity contribution in [3.63, 3.8) is 0 Å². The average Bonchev–Trinajstić information content (AvgIpc) is 2.99. The Morgan fingerprint density at radius 2 is 2.38 bits per heavy atom. The SMILES string of the molecule is COc1[c]ccc(C=CC2CC2)c1. The van der Waals surface area contributed by atoms with Crippen LogP contribution in [0, 0.1) is 12.0 Å². The first-order valence-electron chi connectivity index (χ1n) is 4.62. The van der Waals surface area contributed by atoms with Gasteiger partial charge in [-0.1, -0.05) is 18.2 Å². The van der Waals surface area contributed by atoms with Crippen LogP contribution in [0.3, 0.4) is 0 Å². The highest BCUT2D eigenvalue weighted by molar-refractivity contribution is 5.52. The van der Waals surface area contributed by atoms with Crippen molar-refractivity contribution in [3.8, 4) is 5.75 Å². The number of hydrogen-bond acceptors (Lipinski definition) is 1. The van der Waals surface area contributed by atoms with E-state index in [2.05, 4.69) is 18.2 Å². The van der Waals surface area contributed by atoms with E-state index in [0.717, 1.165) is 11.7 Å². The van der Waals surface area contributed by atoms with Gasteiger partial charge in [-0.3, -0.25) is 0 Å². The molecule has 0 aliphatic heterocycles. The first-order chi connectivity index (χ1) is 6.38. The molecule has 0 unspecified atom stereocenters. The maximum Gasteiger partial charge on any atom is 0.127 e. The number of benzene rings is 1. The Morgan fingerprint density at radius 1 is 1.54 bits per heavy atom. The second kappa shape index (κ2) is 3.65. The molecule has 1 nitrogen and oxygen atoms in total. The fourth-order valence-electron chi connectivity index (χ4n) is 1.22. The third-order valence-electron chi connectivity index (χ3n) is 2.20. The highest BCUT2D eigenvalue weighted by Crippen LogP contribution is 2.30. The Labute approximate surface area is 79.0 Å². The summed E-state index contributed by atoms with van der Waals surface area (Å²) >= 11 is 0. The second-order valence-electron chi connectivity index (χ2n) is 3.39. The van der Waals surface area contributed by atoms with Gasteiger partial charge in [0, 0.05) is 6.07 Å². The molecule has 1 aromatic carbocycles. The van der Waals surface area contributed by atoms with Gasteiger partial charge in [0.25, 0.3) is 0 Å². The largest absolute Gasteiger partial charge is 0.496 e. The van der Waals surface area contributed by atoms with E-state index in [1.807, 2.05) is 18.2 Å². The van der Waals surface area contributed by atoms with Crippen LogP contribution in [0.2, 0.25) is 0 Å². The van der Waals surface area contributed by atoms with E-state index in [9.17, 15) is 0 Å². The van der Waals surface area contributed by atoms with Crippen molar-refractivity contribution >= 4 is 6.08 Å². The van der Waals surface area contributed by atoms with E-state index < -0.39 is 0 Å². The summed E-state index contributed by atoms with van der Waals surface area (Å²) in [5.41, 5.74) is 1.20. The van der Waals surface area contributed by atoms with Crippen LogP contribution in [0.5, 0.6) is 5.75 Å².